The van der Waals surface area contributed by atoms with Crippen molar-refractivity contribution in [2.75, 3.05) is 13.7 Å². The van der Waals surface area contributed by atoms with Gasteiger partial charge in [0.15, 0.2) is 0 Å². The fourth-order valence-electron chi connectivity index (χ4n) is 3.64. The second-order valence-electron chi connectivity index (χ2n) is 7.77. The van der Waals surface area contributed by atoms with Gasteiger partial charge in [-0.2, -0.15) is 13.2 Å². The van der Waals surface area contributed by atoms with Crippen molar-refractivity contribution < 1.29 is 17.9 Å². The van der Waals surface area contributed by atoms with E-state index in [1.807, 2.05) is 18.2 Å². The van der Waals surface area contributed by atoms with Crippen LogP contribution in [0.5, 0.6) is 5.75 Å². The molecule has 0 saturated carbocycles. The highest BCUT2D eigenvalue weighted by Crippen LogP contribution is 2.41. The molecule has 0 unspecified atom stereocenters. The van der Waals surface area contributed by atoms with Crippen molar-refractivity contribution in [3.05, 3.63) is 65.2 Å². The van der Waals surface area contributed by atoms with E-state index in [0.29, 0.717) is 12.3 Å². The van der Waals surface area contributed by atoms with Gasteiger partial charge in [0, 0.05) is 24.2 Å². The maximum atomic E-state index is 13.4. The molecule has 1 saturated heterocycles. The Balaban J connectivity index is 1.79. The largest absolute Gasteiger partial charge is 0.496 e. The summed E-state index contributed by atoms with van der Waals surface area (Å²) in [7, 11) is 1.54. The number of hydrogen-bond acceptors (Lipinski definition) is 3. The summed E-state index contributed by atoms with van der Waals surface area (Å²) in [5, 5.41) is 7.02. The van der Waals surface area contributed by atoms with Crippen LogP contribution in [0, 0.1) is 0 Å². The summed E-state index contributed by atoms with van der Waals surface area (Å²) in [4.78, 5) is 0. The lowest BCUT2D eigenvalue weighted by atomic mass is 9.83. The predicted molar refractivity (Wildman–Crippen MR) is 105 cm³/mol. The Morgan fingerprint density at radius 2 is 1.82 bits per heavy atom. The Hall–Kier alpha value is -2.05. The van der Waals surface area contributed by atoms with E-state index in [-0.39, 0.29) is 17.6 Å². The van der Waals surface area contributed by atoms with E-state index >= 15 is 0 Å². The van der Waals surface area contributed by atoms with Gasteiger partial charge in [-0.05, 0) is 50.1 Å². The minimum atomic E-state index is -4.32. The molecule has 152 valence electrons. The molecule has 2 atom stereocenters. The van der Waals surface area contributed by atoms with Gasteiger partial charge in [0.05, 0.1) is 12.5 Å². The van der Waals surface area contributed by atoms with Crippen molar-refractivity contribution >= 4 is 0 Å². The Kier molecular flexibility index (Phi) is 6.01. The molecular weight excluding hydrogens is 365 g/mol. The van der Waals surface area contributed by atoms with Crippen LogP contribution in [0.2, 0.25) is 0 Å². The molecule has 2 aromatic carbocycles. The summed E-state index contributed by atoms with van der Waals surface area (Å²) < 4.78 is 45.7. The zero-order chi connectivity index (χ0) is 20.4. The third kappa shape index (κ3) is 4.18. The lowest BCUT2D eigenvalue weighted by molar-refractivity contribution is -0.180. The van der Waals surface area contributed by atoms with Crippen LogP contribution in [0.15, 0.2) is 48.5 Å². The molecule has 2 aromatic rings. The lowest BCUT2D eigenvalue weighted by Crippen LogP contribution is -2.37. The van der Waals surface area contributed by atoms with Crippen LogP contribution in [0.4, 0.5) is 13.2 Å². The zero-order valence-corrected chi connectivity index (χ0v) is 16.4. The molecule has 2 N–H and O–H groups in total. The molecular formula is C22H27F3N2O. The minimum Gasteiger partial charge on any atom is -0.496 e. The van der Waals surface area contributed by atoms with Crippen LogP contribution in [0.1, 0.15) is 43.0 Å². The van der Waals surface area contributed by atoms with Crippen LogP contribution < -0.4 is 15.4 Å². The highest BCUT2D eigenvalue weighted by Gasteiger charge is 2.48. The molecule has 3 nitrogen and oxygen atoms in total. The molecule has 0 aromatic heterocycles. The first kappa shape index (κ1) is 20.7. The summed E-state index contributed by atoms with van der Waals surface area (Å²) >= 11 is 0. The number of nitrogens with one attached hydrogen (secondary N) is 2. The van der Waals surface area contributed by atoms with E-state index in [9.17, 15) is 13.2 Å². The first-order valence-corrected chi connectivity index (χ1v) is 9.50. The number of rotatable bonds is 6. The quantitative estimate of drug-likeness (QED) is 0.746. The Bertz CT molecular complexity index is 790. The van der Waals surface area contributed by atoms with Gasteiger partial charge in [0.25, 0.3) is 0 Å². The van der Waals surface area contributed by atoms with Crippen molar-refractivity contribution in [2.24, 2.45) is 0 Å². The Morgan fingerprint density at radius 3 is 2.46 bits per heavy atom. The molecule has 0 bridgehead atoms. The van der Waals surface area contributed by atoms with E-state index in [1.165, 1.54) is 32.6 Å². The summed E-state index contributed by atoms with van der Waals surface area (Å²) in [6.45, 7) is 3.76. The first-order valence-electron chi connectivity index (χ1n) is 9.50. The van der Waals surface area contributed by atoms with E-state index in [4.69, 9.17) is 4.74 Å². The van der Waals surface area contributed by atoms with E-state index in [0.717, 1.165) is 18.5 Å². The fraction of sp³-hybridized carbons (Fsp3) is 0.455. The number of hydrogen-bond donors (Lipinski definition) is 2. The maximum absolute atomic E-state index is 13.4. The Labute approximate surface area is 164 Å². The molecule has 0 amide bonds. The molecule has 1 fully saturated rings. The zero-order valence-electron chi connectivity index (χ0n) is 16.4. The van der Waals surface area contributed by atoms with Crippen molar-refractivity contribution in [2.45, 2.75) is 50.5 Å². The average Bonchev–Trinajstić information content (AvgIpc) is 3.14. The van der Waals surface area contributed by atoms with Crippen LogP contribution in [0.3, 0.4) is 0 Å². The lowest BCUT2D eigenvalue weighted by Gasteiger charge is -2.29. The van der Waals surface area contributed by atoms with Gasteiger partial charge >= 0.3 is 6.18 Å². The second-order valence-corrected chi connectivity index (χ2v) is 7.77. The molecule has 1 aliphatic rings. The number of benzene rings is 2. The number of halogens is 3. The third-order valence-electron chi connectivity index (χ3n) is 5.65. The topological polar surface area (TPSA) is 33.3 Å². The monoisotopic (exact) mass is 392 g/mol. The van der Waals surface area contributed by atoms with Gasteiger partial charge in [-0.15, -0.1) is 0 Å². The predicted octanol–water partition coefficient (Wildman–Crippen LogP) is 4.73. The minimum absolute atomic E-state index is 0.182. The van der Waals surface area contributed by atoms with Crippen LogP contribution in [0.25, 0.3) is 0 Å². The number of ether oxygens (including phenoxy) is 1. The van der Waals surface area contributed by atoms with Crippen LogP contribution in [-0.2, 0) is 12.0 Å². The molecule has 3 rings (SSSR count). The van der Waals surface area contributed by atoms with Crippen molar-refractivity contribution in [1.82, 2.24) is 10.6 Å². The summed E-state index contributed by atoms with van der Waals surface area (Å²) in [6.07, 6.45) is -3.37. The number of alkyl halides is 3. The molecule has 1 aliphatic heterocycles. The van der Waals surface area contributed by atoms with Gasteiger partial charge in [-0.25, -0.2) is 0 Å². The third-order valence-corrected chi connectivity index (χ3v) is 5.65. The van der Waals surface area contributed by atoms with E-state index in [1.54, 1.807) is 12.1 Å². The average molecular weight is 392 g/mol. The Morgan fingerprint density at radius 1 is 1.11 bits per heavy atom. The fourth-order valence-corrected chi connectivity index (χ4v) is 3.64. The van der Waals surface area contributed by atoms with Crippen molar-refractivity contribution in [1.29, 1.82) is 0 Å². The maximum Gasteiger partial charge on any atom is 0.397 e. The number of methoxy groups -OCH3 is 1. The SMILES string of the molecule is COc1ccc(C(C)(C)C(F)(F)F)cc1CN[C@@H]1CCN[C@@H]1c1ccccc1. The smallest absolute Gasteiger partial charge is 0.397 e. The summed E-state index contributed by atoms with van der Waals surface area (Å²) in [6, 6.07) is 15.3. The molecule has 28 heavy (non-hydrogen) atoms. The van der Waals surface area contributed by atoms with Gasteiger partial charge in [-0.1, -0.05) is 36.4 Å². The normalized spacial score (nSPS) is 20.4. The summed E-state index contributed by atoms with van der Waals surface area (Å²) in [5.41, 5.74) is 0.254. The second kappa shape index (κ2) is 8.13. The van der Waals surface area contributed by atoms with Gasteiger partial charge < -0.3 is 15.4 Å². The van der Waals surface area contributed by atoms with E-state index in [2.05, 4.69) is 22.8 Å². The highest BCUT2D eigenvalue weighted by atomic mass is 19.4. The molecule has 0 aliphatic carbocycles. The first-order chi connectivity index (χ1) is 13.2. The molecule has 0 spiro atoms. The molecule has 1 heterocycles. The molecule has 0 radical (unpaired) electrons. The van der Waals surface area contributed by atoms with Crippen LogP contribution in [-0.4, -0.2) is 25.9 Å². The van der Waals surface area contributed by atoms with Crippen LogP contribution >= 0.6 is 0 Å². The van der Waals surface area contributed by atoms with Crippen molar-refractivity contribution in [3.8, 4) is 5.75 Å². The van der Waals surface area contributed by atoms with Gasteiger partial charge in [0.2, 0.25) is 0 Å². The summed E-state index contributed by atoms with van der Waals surface area (Å²) in [5.74, 6) is 0.594. The van der Waals surface area contributed by atoms with Gasteiger partial charge in [0.1, 0.15) is 5.75 Å². The van der Waals surface area contributed by atoms with E-state index < -0.39 is 11.6 Å². The van der Waals surface area contributed by atoms with Gasteiger partial charge in [-0.3, -0.25) is 0 Å². The standard InChI is InChI=1S/C22H27F3N2O/c1-21(2,22(23,24)25)17-9-10-19(28-3)16(13-17)14-27-18-11-12-26-20(18)15-7-5-4-6-8-15/h4-10,13,18,20,26-27H,11-12,14H2,1-3H3/t18-,20-/m1/s1. The molecule has 6 heteroatoms. The highest BCUT2D eigenvalue weighted by molar-refractivity contribution is 5.40. The van der Waals surface area contributed by atoms with Crippen molar-refractivity contribution in [3.63, 3.8) is 0 Å².